The lowest BCUT2D eigenvalue weighted by molar-refractivity contribution is -0.146. The summed E-state index contributed by atoms with van der Waals surface area (Å²) in [6.07, 6.45) is 0.398. The minimum atomic E-state index is -0.809. The van der Waals surface area contributed by atoms with Crippen molar-refractivity contribution in [2.24, 2.45) is 5.41 Å². The molecule has 0 fully saturated rings. The molecule has 4 heteroatoms. The topological polar surface area (TPSA) is 66.0 Å². The highest BCUT2D eigenvalue weighted by molar-refractivity contribution is 5.80. The Balaban J connectivity index is 2.43. The van der Waals surface area contributed by atoms with Crippen LogP contribution in [0.15, 0.2) is 12.1 Å². The van der Waals surface area contributed by atoms with E-state index in [1.54, 1.807) is 13.8 Å². The molecule has 1 aromatic carbocycles. The van der Waals surface area contributed by atoms with Crippen LogP contribution < -0.4 is 0 Å². The number of fused-ring (bicyclic) bond motifs is 1. The Morgan fingerprint density at radius 2 is 2.06 bits per heavy atom. The molecule has 0 aliphatic rings. The van der Waals surface area contributed by atoms with E-state index >= 15 is 0 Å². The fourth-order valence-electron chi connectivity index (χ4n) is 1.94. The summed E-state index contributed by atoms with van der Waals surface area (Å²) >= 11 is 0. The lowest BCUT2D eigenvalue weighted by Gasteiger charge is -2.16. The summed E-state index contributed by atoms with van der Waals surface area (Å²) in [4.78, 5) is 18.8. The van der Waals surface area contributed by atoms with E-state index in [0.717, 1.165) is 22.4 Å². The van der Waals surface area contributed by atoms with Gasteiger partial charge in [-0.25, -0.2) is 4.98 Å². The predicted molar refractivity (Wildman–Crippen MR) is 70.7 cm³/mol. The van der Waals surface area contributed by atoms with Crippen LogP contribution in [0.1, 0.15) is 30.8 Å². The minimum Gasteiger partial charge on any atom is -0.481 e. The Labute approximate surface area is 106 Å². The van der Waals surface area contributed by atoms with E-state index < -0.39 is 11.4 Å². The summed E-state index contributed by atoms with van der Waals surface area (Å²) < 4.78 is 0. The molecule has 0 radical (unpaired) electrons. The predicted octanol–water partition coefficient (Wildman–Crippen LogP) is 2.83. The van der Waals surface area contributed by atoms with Crippen LogP contribution in [0.2, 0.25) is 0 Å². The van der Waals surface area contributed by atoms with Gasteiger partial charge in [0.05, 0.1) is 16.4 Å². The number of carboxylic acids is 1. The van der Waals surface area contributed by atoms with Crippen molar-refractivity contribution in [1.29, 1.82) is 0 Å². The average molecular weight is 246 g/mol. The van der Waals surface area contributed by atoms with Gasteiger partial charge in [0.15, 0.2) is 0 Å². The average Bonchev–Trinajstić information content (AvgIpc) is 2.66. The van der Waals surface area contributed by atoms with Gasteiger partial charge in [-0.1, -0.05) is 6.07 Å². The van der Waals surface area contributed by atoms with Crippen LogP contribution in [0, 0.1) is 19.3 Å². The lowest BCUT2D eigenvalue weighted by Crippen LogP contribution is -2.26. The zero-order chi connectivity index (χ0) is 13.5. The van der Waals surface area contributed by atoms with Gasteiger partial charge in [-0.2, -0.15) is 0 Å². The van der Waals surface area contributed by atoms with Gasteiger partial charge < -0.3 is 10.1 Å². The van der Waals surface area contributed by atoms with E-state index in [-0.39, 0.29) is 0 Å². The van der Waals surface area contributed by atoms with Gasteiger partial charge in [0.25, 0.3) is 0 Å². The van der Waals surface area contributed by atoms with E-state index in [4.69, 9.17) is 5.11 Å². The molecule has 1 aromatic heterocycles. The molecule has 0 amide bonds. The number of nitrogens with zero attached hydrogens (tertiary/aromatic N) is 1. The summed E-state index contributed by atoms with van der Waals surface area (Å²) in [6, 6.07) is 4.03. The number of carboxylic acid groups (broad SMARTS) is 1. The normalized spacial score (nSPS) is 12.0. The first-order valence-electron chi connectivity index (χ1n) is 5.99. The van der Waals surface area contributed by atoms with Gasteiger partial charge in [0, 0.05) is 6.42 Å². The summed E-state index contributed by atoms with van der Waals surface area (Å²) in [5.74, 6) is -0.0815. The number of nitrogens with one attached hydrogen (secondary N) is 1. The number of aliphatic carboxylic acids is 1. The number of carbonyl (C=O) groups is 1. The molecule has 0 aliphatic heterocycles. The molecule has 96 valence electrons. The molecule has 0 saturated carbocycles. The largest absolute Gasteiger partial charge is 0.481 e. The molecule has 0 saturated heterocycles. The second-order valence-corrected chi connectivity index (χ2v) is 5.45. The van der Waals surface area contributed by atoms with Gasteiger partial charge in [0.2, 0.25) is 0 Å². The Kier molecular flexibility index (Phi) is 2.89. The molecule has 1 heterocycles. The molecule has 2 aromatic rings. The van der Waals surface area contributed by atoms with E-state index in [2.05, 4.69) is 9.97 Å². The van der Waals surface area contributed by atoms with Crippen molar-refractivity contribution in [3.05, 3.63) is 29.1 Å². The number of aromatic amines is 1. The molecule has 0 spiro atoms. The minimum absolute atomic E-state index is 0.398. The monoisotopic (exact) mass is 246 g/mol. The number of H-pyrrole nitrogens is 1. The van der Waals surface area contributed by atoms with Gasteiger partial charge in [-0.3, -0.25) is 4.79 Å². The van der Waals surface area contributed by atoms with Crippen LogP contribution in [-0.2, 0) is 11.2 Å². The summed E-state index contributed by atoms with van der Waals surface area (Å²) in [7, 11) is 0. The SMILES string of the molecule is Cc1ccc2[nH]c(CC(C)(C)C(=O)O)nc2c1C. The van der Waals surface area contributed by atoms with Crippen LogP contribution in [0.25, 0.3) is 11.0 Å². The molecule has 0 bridgehead atoms. The number of aryl methyl sites for hydroxylation is 2. The van der Waals surface area contributed by atoms with Crippen molar-refractivity contribution in [1.82, 2.24) is 9.97 Å². The standard InChI is InChI=1S/C14H18N2O2/c1-8-5-6-10-12(9(8)2)16-11(15-10)7-14(3,4)13(17)18/h5-6H,7H2,1-4H3,(H,15,16)(H,17,18). The van der Waals surface area contributed by atoms with Crippen LogP contribution >= 0.6 is 0 Å². The Morgan fingerprint density at radius 1 is 1.39 bits per heavy atom. The maximum atomic E-state index is 11.1. The van der Waals surface area contributed by atoms with E-state index in [1.165, 1.54) is 5.56 Å². The van der Waals surface area contributed by atoms with E-state index in [9.17, 15) is 4.79 Å². The first-order valence-corrected chi connectivity index (χ1v) is 5.99. The third kappa shape index (κ3) is 2.10. The van der Waals surface area contributed by atoms with E-state index in [1.807, 2.05) is 26.0 Å². The first-order chi connectivity index (χ1) is 8.31. The van der Waals surface area contributed by atoms with Gasteiger partial charge >= 0.3 is 5.97 Å². The lowest BCUT2D eigenvalue weighted by atomic mass is 9.89. The number of hydrogen-bond donors (Lipinski definition) is 2. The summed E-state index contributed by atoms with van der Waals surface area (Å²) in [6.45, 7) is 7.50. The van der Waals surface area contributed by atoms with Crippen LogP contribution in [0.3, 0.4) is 0 Å². The molecule has 0 atom stereocenters. The van der Waals surface area contributed by atoms with Crippen molar-refractivity contribution in [2.75, 3.05) is 0 Å². The molecule has 4 nitrogen and oxygen atoms in total. The van der Waals surface area contributed by atoms with Crippen molar-refractivity contribution < 1.29 is 9.90 Å². The fourth-order valence-corrected chi connectivity index (χ4v) is 1.94. The zero-order valence-corrected chi connectivity index (χ0v) is 11.2. The molecule has 2 N–H and O–H groups in total. The number of benzene rings is 1. The zero-order valence-electron chi connectivity index (χ0n) is 11.2. The second kappa shape index (κ2) is 4.12. The third-order valence-electron chi connectivity index (χ3n) is 3.42. The van der Waals surface area contributed by atoms with E-state index in [0.29, 0.717) is 6.42 Å². The highest BCUT2D eigenvalue weighted by Crippen LogP contribution is 2.24. The number of rotatable bonds is 3. The Hall–Kier alpha value is -1.84. The van der Waals surface area contributed by atoms with Crippen molar-refractivity contribution in [3.63, 3.8) is 0 Å². The van der Waals surface area contributed by atoms with Crippen LogP contribution in [0.5, 0.6) is 0 Å². The number of imidazole rings is 1. The molecule has 0 aliphatic carbocycles. The van der Waals surface area contributed by atoms with Crippen molar-refractivity contribution >= 4 is 17.0 Å². The smallest absolute Gasteiger partial charge is 0.309 e. The maximum absolute atomic E-state index is 11.1. The summed E-state index contributed by atoms with van der Waals surface area (Å²) in [5, 5.41) is 9.13. The molecular formula is C14H18N2O2. The number of aromatic nitrogens is 2. The summed E-state index contributed by atoms with van der Waals surface area (Å²) in [5.41, 5.74) is 3.43. The fraction of sp³-hybridized carbons (Fsp3) is 0.429. The molecular weight excluding hydrogens is 228 g/mol. The van der Waals surface area contributed by atoms with Crippen molar-refractivity contribution in [2.45, 2.75) is 34.1 Å². The van der Waals surface area contributed by atoms with Crippen LogP contribution in [0.4, 0.5) is 0 Å². The second-order valence-electron chi connectivity index (χ2n) is 5.45. The number of hydrogen-bond acceptors (Lipinski definition) is 2. The van der Waals surface area contributed by atoms with Gasteiger partial charge in [-0.15, -0.1) is 0 Å². The quantitative estimate of drug-likeness (QED) is 0.875. The highest BCUT2D eigenvalue weighted by Gasteiger charge is 2.28. The Bertz CT molecular complexity index is 612. The molecule has 2 rings (SSSR count). The van der Waals surface area contributed by atoms with Gasteiger partial charge in [0.1, 0.15) is 5.82 Å². The Morgan fingerprint density at radius 3 is 2.67 bits per heavy atom. The maximum Gasteiger partial charge on any atom is 0.309 e. The first kappa shape index (κ1) is 12.6. The molecule has 18 heavy (non-hydrogen) atoms. The third-order valence-corrected chi connectivity index (χ3v) is 3.42. The van der Waals surface area contributed by atoms with Crippen LogP contribution in [-0.4, -0.2) is 21.0 Å². The van der Waals surface area contributed by atoms with Gasteiger partial charge in [-0.05, 0) is 44.9 Å². The highest BCUT2D eigenvalue weighted by atomic mass is 16.4. The molecule has 0 unspecified atom stereocenters. The van der Waals surface area contributed by atoms with Crippen molar-refractivity contribution in [3.8, 4) is 0 Å².